The molecule has 0 saturated carbocycles. The van der Waals surface area contributed by atoms with Crippen LogP contribution >= 0.6 is 11.3 Å². The van der Waals surface area contributed by atoms with E-state index in [1.807, 2.05) is 0 Å². The molecule has 0 fully saturated rings. The number of benzene rings is 2. The van der Waals surface area contributed by atoms with Crippen molar-refractivity contribution in [3.05, 3.63) is 56.1 Å². The van der Waals surface area contributed by atoms with Crippen LogP contribution in [0.5, 0.6) is 11.5 Å². The van der Waals surface area contributed by atoms with Crippen LogP contribution in [0.1, 0.15) is 10.4 Å². The quantitative estimate of drug-likeness (QED) is 0.486. The molecule has 0 aliphatic heterocycles. The lowest BCUT2D eigenvalue weighted by Gasteiger charge is -2.03. The van der Waals surface area contributed by atoms with Gasteiger partial charge in [0.25, 0.3) is 17.3 Å². The van der Waals surface area contributed by atoms with Crippen molar-refractivity contribution in [1.82, 2.24) is 4.98 Å². The van der Waals surface area contributed by atoms with E-state index in [0.717, 1.165) is 29.5 Å². The summed E-state index contributed by atoms with van der Waals surface area (Å²) in [7, 11) is 2.96. The molecule has 0 bridgehead atoms. The number of thiazole rings is 1. The second-order valence-electron chi connectivity index (χ2n) is 5.37. The summed E-state index contributed by atoms with van der Waals surface area (Å²) in [6.45, 7) is 0. The van der Waals surface area contributed by atoms with Crippen LogP contribution < -0.4 is 14.8 Å². The van der Waals surface area contributed by atoms with Crippen molar-refractivity contribution in [2.45, 2.75) is 0 Å². The lowest BCUT2D eigenvalue weighted by molar-refractivity contribution is -0.394. The van der Waals surface area contributed by atoms with Gasteiger partial charge in [-0.1, -0.05) is 11.3 Å². The number of nitrogens with one attached hydrogen (secondary N) is 1. The Bertz CT molecular complexity index is 1040. The average molecular weight is 404 g/mol. The van der Waals surface area contributed by atoms with Gasteiger partial charge in [0.1, 0.15) is 21.7 Å². The summed E-state index contributed by atoms with van der Waals surface area (Å²) < 4.78 is 11.1. The van der Waals surface area contributed by atoms with Gasteiger partial charge in [-0.15, -0.1) is 0 Å². The Morgan fingerprint density at radius 1 is 1.04 bits per heavy atom. The van der Waals surface area contributed by atoms with Crippen LogP contribution in [-0.2, 0) is 0 Å². The first-order valence-electron chi connectivity index (χ1n) is 7.60. The molecule has 1 N–H and O–H groups in total. The number of nitro benzene ring substituents is 2. The number of carbonyl (C=O) groups is 1. The number of nitrogens with zero attached hydrogens (tertiary/aromatic N) is 3. The lowest BCUT2D eigenvalue weighted by atomic mass is 10.1. The Kier molecular flexibility index (Phi) is 5.04. The highest BCUT2D eigenvalue weighted by Gasteiger charge is 2.21. The van der Waals surface area contributed by atoms with E-state index in [1.54, 1.807) is 12.1 Å². The average Bonchev–Trinajstić information content (AvgIpc) is 3.10. The molecule has 144 valence electrons. The van der Waals surface area contributed by atoms with Gasteiger partial charge < -0.3 is 9.47 Å². The van der Waals surface area contributed by atoms with Crippen LogP contribution in [0.25, 0.3) is 10.2 Å². The second-order valence-corrected chi connectivity index (χ2v) is 6.37. The van der Waals surface area contributed by atoms with Crippen LogP contribution in [0.3, 0.4) is 0 Å². The highest BCUT2D eigenvalue weighted by Crippen LogP contribution is 2.39. The number of rotatable bonds is 6. The molecule has 0 unspecified atom stereocenters. The number of hydrogen-bond donors (Lipinski definition) is 1. The molecule has 0 aliphatic rings. The van der Waals surface area contributed by atoms with E-state index in [4.69, 9.17) is 9.47 Å². The van der Waals surface area contributed by atoms with E-state index in [9.17, 15) is 25.0 Å². The number of amides is 1. The van der Waals surface area contributed by atoms with Gasteiger partial charge in [-0.25, -0.2) is 4.98 Å². The van der Waals surface area contributed by atoms with Crippen molar-refractivity contribution in [2.75, 3.05) is 19.5 Å². The molecule has 1 heterocycles. The van der Waals surface area contributed by atoms with Gasteiger partial charge in [0.2, 0.25) is 0 Å². The van der Waals surface area contributed by atoms with Gasteiger partial charge in [-0.05, 0) is 12.1 Å². The third kappa shape index (κ3) is 3.53. The zero-order chi connectivity index (χ0) is 20.4. The number of hydrogen-bond acceptors (Lipinski definition) is 9. The summed E-state index contributed by atoms with van der Waals surface area (Å²) in [5, 5.41) is 24.6. The standard InChI is InChI=1S/C16H12N4O7S/c1-26-11-3-4-12(27-2)14-13(11)17-16(28-14)18-15(21)8-5-9(19(22)23)7-10(6-8)20(24)25/h3-7H,1-2H3,(H,17,18,21). The molecule has 0 radical (unpaired) electrons. The van der Waals surface area contributed by atoms with E-state index in [2.05, 4.69) is 10.3 Å². The fourth-order valence-corrected chi connectivity index (χ4v) is 3.41. The molecule has 1 amide bonds. The van der Waals surface area contributed by atoms with Gasteiger partial charge in [0, 0.05) is 12.1 Å². The SMILES string of the molecule is COc1ccc(OC)c2sc(NC(=O)c3cc([N+](=O)[O-])cc([N+](=O)[O-])c3)nc12. The summed E-state index contributed by atoms with van der Waals surface area (Å²) in [6.07, 6.45) is 0. The minimum absolute atomic E-state index is 0.178. The number of aromatic nitrogens is 1. The Balaban J connectivity index is 1.99. The summed E-state index contributed by atoms with van der Waals surface area (Å²) in [5.74, 6) is 0.224. The van der Waals surface area contributed by atoms with Crippen LogP contribution in [0.4, 0.5) is 16.5 Å². The zero-order valence-electron chi connectivity index (χ0n) is 14.5. The monoisotopic (exact) mass is 404 g/mol. The molecule has 3 rings (SSSR count). The van der Waals surface area contributed by atoms with Crippen molar-refractivity contribution < 1.29 is 24.1 Å². The second kappa shape index (κ2) is 7.44. The smallest absolute Gasteiger partial charge is 0.277 e. The van der Waals surface area contributed by atoms with Crippen LogP contribution in [0.15, 0.2) is 30.3 Å². The van der Waals surface area contributed by atoms with Crippen molar-refractivity contribution >= 4 is 44.0 Å². The maximum atomic E-state index is 12.5. The van der Waals surface area contributed by atoms with E-state index in [0.29, 0.717) is 21.7 Å². The molecule has 2 aromatic carbocycles. The number of carbonyl (C=O) groups excluding carboxylic acids is 1. The van der Waals surface area contributed by atoms with E-state index < -0.39 is 27.1 Å². The highest BCUT2D eigenvalue weighted by atomic mass is 32.1. The molecule has 0 aliphatic carbocycles. The Morgan fingerprint density at radius 3 is 2.14 bits per heavy atom. The maximum absolute atomic E-state index is 12.5. The predicted molar refractivity (Wildman–Crippen MR) is 100 cm³/mol. The number of fused-ring (bicyclic) bond motifs is 1. The summed E-state index contributed by atoms with van der Waals surface area (Å²) in [5.41, 5.74) is -0.898. The van der Waals surface area contributed by atoms with Gasteiger partial charge in [0.05, 0.1) is 35.7 Å². The number of non-ortho nitro benzene ring substituents is 2. The molecule has 0 spiro atoms. The number of methoxy groups -OCH3 is 2. The fraction of sp³-hybridized carbons (Fsp3) is 0.125. The zero-order valence-corrected chi connectivity index (χ0v) is 15.3. The summed E-state index contributed by atoms with van der Waals surface area (Å²) in [4.78, 5) is 37.1. The minimum atomic E-state index is -0.808. The summed E-state index contributed by atoms with van der Waals surface area (Å²) in [6, 6.07) is 6.04. The largest absolute Gasteiger partial charge is 0.495 e. The molecule has 11 nitrogen and oxygen atoms in total. The molecule has 1 aromatic heterocycles. The van der Waals surface area contributed by atoms with E-state index >= 15 is 0 Å². The summed E-state index contributed by atoms with van der Waals surface area (Å²) >= 11 is 1.11. The molecule has 28 heavy (non-hydrogen) atoms. The molecular formula is C16H12N4O7S. The molecule has 0 atom stereocenters. The number of anilines is 1. The molecule has 3 aromatic rings. The van der Waals surface area contributed by atoms with E-state index in [1.165, 1.54) is 14.2 Å². The van der Waals surface area contributed by atoms with Gasteiger partial charge in [-0.3, -0.25) is 30.3 Å². The fourth-order valence-electron chi connectivity index (χ4n) is 2.45. The van der Waals surface area contributed by atoms with Crippen molar-refractivity contribution in [1.29, 1.82) is 0 Å². The van der Waals surface area contributed by atoms with Crippen LogP contribution in [0, 0.1) is 20.2 Å². The van der Waals surface area contributed by atoms with Crippen molar-refractivity contribution in [3.8, 4) is 11.5 Å². The van der Waals surface area contributed by atoms with E-state index in [-0.39, 0.29) is 10.7 Å². The van der Waals surface area contributed by atoms with Crippen LogP contribution in [-0.4, -0.2) is 35.0 Å². The molecule has 0 saturated heterocycles. The first-order chi connectivity index (χ1) is 13.3. The van der Waals surface area contributed by atoms with Crippen molar-refractivity contribution in [3.63, 3.8) is 0 Å². The molecular weight excluding hydrogens is 392 g/mol. The van der Waals surface area contributed by atoms with Gasteiger partial charge >= 0.3 is 0 Å². The number of nitro groups is 2. The molecule has 12 heteroatoms. The Labute approximate surface area is 160 Å². The van der Waals surface area contributed by atoms with Crippen LogP contribution in [0.2, 0.25) is 0 Å². The highest BCUT2D eigenvalue weighted by molar-refractivity contribution is 7.22. The lowest BCUT2D eigenvalue weighted by Crippen LogP contribution is -2.12. The topological polar surface area (TPSA) is 147 Å². The normalized spacial score (nSPS) is 10.5. The predicted octanol–water partition coefficient (Wildman–Crippen LogP) is 3.38. The number of ether oxygens (including phenoxy) is 2. The third-order valence-corrected chi connectivity index (χ3v) is 4.70. The van der Waals surface area contributed by atoms with Gasteiger partial charge in [-0.2, -0.15) is 0 Å². The third-order valence-electron chi connectivity index (χ3n) is 3.72. The first-order valence-corrected chi connectivity index (χ1v) is 8.42. The Hall–Kier alpha value is -3.80. The Morgan fingerprint density at radius 2 is 1.61 bits per heavy atom. The minimum Gasteiger partial charge on any atom is -0.495 e. The van der Waals surface area contributed by atoms with Crippen molar-refractivity contribution in [2.24, 2.45) is 0 Å². The van der Waals surface area contributed by atoms with Gasteiger partial charge in [0.15, 0.2) is 5.13 Å². The first kappa shape index (κ1) is 19.0. The maximum Gasteiger partial charge on any atom is 0.277 e.